The summed E-state index contributed by atoms with van der Waals surface area (Å²) in [5.41, 5.74) is 25.4. The van der Waals surface area contributed by atoms with Gasteiger partial charge in [0.25, 0.3) is 0 Å². The molecule has 2 aromatic carbocycles. The molecule has 1 aliphatic heterocycles. The molecule has 44 heavy (non-hydrogen) atoms. The number of amides is 3. The van der Waals surface area contributed by atoms with Gasteiger partial charge in [0.2, 0.25) is 17.7 Å². The fourth-order valence-corrected chi connectivity index (χ4v) is 5.45. The number of carbonyl (C=O) groups is 3. The summed E-state index contributed by atoms with van der Waals surface area (Å²) in [7, 11) is 0. The molecule has 11 nitrogen and oxygen atoms in total. The van der Waals surface area contributed by atoms with Gasteiger partial charge in [-0.15, -0.1) is 0 Å². The van der Waals surface area contributed by atoms with Crippen LogP contribution in [-0.2, 0) is 20.8 Å². The average molecular weight is 607 g/mol. The Hall–Kier alpha value is -3.96. The topological polar surface area (TPSA) is 195 Å². The maximum Gasteiger partial charge on any atom is 0.245 e. The van der Waals surface area contributed by atoms with Crippen LogP contribution in [0.1, 0.15) is 56.9 Å². The van der Waals surface area contributed by atoms with E-state index in [0.717, 1.165) is 42.4 Å². The van der Waals surface area contributed by atoms with Crippen molar-refractivity contribution in [3.05, 3.63) is 60.2 Å². The molecule has 2 atom stereocenters. The molecule has 0 aliphatic carbocycles. The van der Waals surface area contributed by atoms with Gasteiger partial charge in [-0.2, -0.15) is 0 Å². The van der Waals surface area contributed by atoms with E-state index in [1.165, 1.54) is 0 Å². The van der Waals surface area contributed by atoms with Crippen LogP contribution in [0, 0.1) is 5.92 Å². The molecule has 3 rings (SSSR count). The number of piperidine rings is 1. The highest BCUT2D eigenvalue weighted by atomic mass is 16.2. The molecule has 1 aliphatic rings. The standard InChI is InChI=1S/C33H50N8O3/c34-18-6-4-10-28(39-30(42)22-24-12-14-27(15-13-24)26-8-2-1-3-9-26)31(43)40-29(11-5-7-19-35)32(44)41-20-16-25(17-21-41)23-38-33(36)37/h1-3,8-9,12-15,25,28-29H,4-7,10-11,16-23,34-35H2,(H,39,42)(H,40,43)(H4,36,37,38)/t28-,29-/m0/s1. The van der Waals surface area contributed by atoms with Gasteiger partial charge in [-0.05, 0) is 87.1 Å². The summed E-state index contributed by atoms with van der Waals surface area (Å²) in [4.78, 5) is 46.2. The number of nitrogens with one attached hydrogen (secondary N) is 2. The lowest BCUT2D eigenvalue weighted by Crippen LogP contribution is -2.55. The van der Waals surface area contributed by atoms with E-state index in [4.69, 9.17) is 22.9 Å². The number of hydrogen-bond acceptors (Lipinski definition) is 6. The van der Waals surface area contributed by atoms with E-state index >= 15 is 0 Å². The van der Waals surface area contributed by atoms with Crippen molar-refractivity contribution < 1.29 is 14.4 Å². The Balaban J connectivity index is 1.63. The summed E-state index contributed by atoms with van der Waals surface area (Å²) in [6.45, 7) is 2.70. The summed E-state index contributed by atoms with van der Waals surface area (Å²) in [5, 5.41) is 5.90. The van der Waals surface area contributed by atoms with Gasteiger partial charge >= 0.3 is 0 Å². The highest BCUT2D eigenvalue weighted by Crippen LogP contribution is 2.21. The molecule has 240 valence electrons. The van der Waals surface area contributed by atoms with Crippen molar-refractivity contribution in [2.45, 2.75) is 69.9 Å². The van der Waals surface area contributed by atoms with E-state index in [1.54, 1.807) is 4.90 Å². The summed E-state index contributed by atoms with van der Waals surface area (Å²) >= 11 is 0. The van der Waals surface area contributed by atoms with Crippen LogP contribution in [0.25, 0.3) is 11.1 Å². The molecule has 0 bridgehead atoms. The van der Waals surface area contributed by atoms with E-state index in [9.17, 15) is 14.4 Å². The van der Waals surface area contributed by atoms with Gasteiger partial charge in [-0.3, -0.25) is 19.4 Å². The minimum Gasteiger partial charge on any atom is -0.370 e. The molecule has 1 fully saturated rings. The summed E-state index contributed by atoms with van der Waals surface area (Å²) in [5.74, 6) is -0.340. The monoisotopic (exact) mass is 606 g/mol. The molecule has 0 aromatic heterocycles. The Bertz CT molecular complexity index is 1190. The van der Waals surface area contributed by atoms with Crippen molar-refractivity contribution in [1.82, 2.24) is 15.5 Å². The lowest BCUT2D eigenvalue weighted by atomic mass is 9.96. The van der Waals surface area contributed by atoms with Crippen LogP contribution in [0.4, 0.5) is 0 Å². The lowest BCUT2D eigenvalue weighted by Gasteiger charge is -2.34. The second-order valence-electron chi connectivity index (χ2n) is 11.5. The number of likely N-dealkylation sites (tertiary alicyclic amines) is 1. The van der Waals surface area contributed by atoms with Gasteiger partial charge in [0.05, 0.1) is 6.42 Å². The van der Waals surface area contributed by atoms with E-state index in [0.29, 0.717) is 64.3 Å². The molecule has 1 saturated heterocycles. The number of carbonyl (C=O) groups excluding carboxylic acids is 3. The number of guanidine groups is 1. The zero-order chi connectivity index (χ0) is 31.7. The zero-order valence-electron chi connectivity index (χ0n) is 25.8. The van der Waals surface area contributed by atoms with Gasteiger partial charge in [0.1, 0.15) is 12.1 Å². The second-order valence-corrected chi connectivity index (χ2v) is 11.5. The van der Waals surface area contributed by atoms with E-state index in [-0.39, 0.29) is 30.1 Å². The molecule has 11 heteroatoms. The van der Waals surface area contributed by atoms with Crippen molar-refractivity contribution in [1.29, 1.82) is 0 Å². The van der Waals surface area contributed by atoms with Crippen molar-refractivity contribution in [2.75, 3.05) is 32.7 Å². The Morgan fingerprint density at radius 2 is 1.39 bits per heavy atom. The third-order valence-electron chi connectivity index (χ3n) is 8.04. The Kier molecular flexibility index (Phi) is 14.6. The van der Waals surface area contributed by atoms with E-state index < -0.39 is 12.1 Å². The number of unbranched alkanes of at least 4 members (excludes halogenated alkanes) is 2. The highest BCUT2D eigenvalue weighted by Gasteiger charge is 2.31. The smallest absolute Gasteiger partial charge is 0.245 e. The average Bonchev–Trinajstić information content (AvgIpc) is 3.03. The molecule has 10 N–H and O–H groups in total. The van der Waals surface area contributed by atoms with Crippen molar-refractivity contribution in [2.24, 2.45) is 33.8 Å². The Morgan fingerprint density at radius 1 is 0.795 bits per heavy atom. The molecule has 0 radical (unpaired) electrons. The minimum atomic E-state index is -0.771. The number of hydrogen-bond donors (Lipinski definition) is 6. The molecule has 0 saturated carbocycles. The number of nitrogens with zero attached hydrogens (tertiary/aromatic N) is 2. The van der Waals surface area contributed by atoms with Gasteiger partial charge in [0, 0.05) is 19.6 Å². The van der Waals surface area contributed by atoms with Crippen LogP contribution >= 0.6 is 0 Å². The molecule has 0 spiro atoms. The predicted molar refractivity (Wildman–Crippen MR) is 175 cm³/mol. The van der Waals surface area contributed by atoms with Crippen LogP contribution in [0.15, 0.2) is 59.6 Å². The summed E-state index contributed by atoms with van der Waals surface area (Å²) in [6.07, 6.45) is 5.49. The van der Waals surface area contributed by atoms with Crippen LogP contribution < -0.4 is 33.6 Å². The van der Waals surface area contributed by atoms with Crippen molar-refractivity contribution >= 4 is 23.7 Å². The van der Waals surface area contributed by atoms with Gasteiger partial charge < -0.3 is 38.5 Å². The maximum absolute atomic E-state index is 13.6. The Morgan fingerprint density at radius 3 is 1.98 bits per heavy atom. The second kappa shape index (κ2) is 18.6. The Labute approximate surface area is 261 Å². The first-order chi connectivity index (χ1) is 21.3. The number of benzene rings is 2. The molecule has 0 unspecified atom stereocenters. The maximum atomic E-state index is 13.6. The fraction of sp³-hybridized carbons (Fsp3) is 0.515. The quantitative estimate of drug-likeness (QED) is 0.0894. The third-order valence-corrected chi connectivity index (χ3v) is 8.04. The largest absolute Gasteiger partial charge is 0.370 e. The minimum absolute atomic E-state index is 0.0697. The van der Waals surface area contributed by atoms with Crippen LogP contribution in [0.5, 0.6) is 0 Å². The number of rotatable bonds is 17. The molecule has 1 heterocycles. The van der Waals surface area contributed by atoms with E-state index in [1.807, 2.05) is 54.6 Å². The molecule has 2 aromatic rings. The van der Waals surface area contributed by atoms with Gasteiger partial charge in [-0.1, -0.05) is 54.6 Å². The summed E-state index contributed by atoms with van der Waals surface area (Å²) < 4.78 is 0. The van der Waals surface area contributed by atoms with Crippen molar-refractivity contribution in [3.8, 4) is 11.1 Å². The molecule has 3 amide bonds. The number of nitrogens with two attached hydrogens (primary N) is 4. The SMILES string of the molecule is NCCCC[C@H](NC(=O)Cc1ccc(-c2ccccc2)cc1)C(=O)N[C@@H](CCCCN)C(=O)N1CCC(CN=C(N)N)CC1. The first-order valence-electron chi connectivity index (χ1n) is 15.8. The van der Waals surface area contributed by atoms with E-state index in [2.05, 4.69) is 15.6 Å². The normalized spacial score (nSPS) is 14.8. The lowest BCUT2D eigenvalue weighted by molar-refractivity contribution is -0.138. The third kappa shape index (κ3) is 11.6. The first kappa shape index (κ1) is 34.5. The zero-order valence-corrected chi connectivity index (χ0v) is 25.8. The van der Waals surface area contributed by atoms with Crippen molar-refractivity contribution in [3.63, 3.8) is 0 Å². The fourth-order valence-electron chi connectivity index (χ4n) is 5.45. The number of aliphatic imine (C=N–C) groups is 1. The van der Waals surface area contributed by atoms with Gasteiger partial charge in [-0.25, -0.2) is 0 Å². The van der Waals surface area contributed by atoms with Crippen LogP contribution in [0.3, 0.4) is 0 Å². The van der Waals surface area contributed by atoms with Gasteiger partial charge in [0.15, 0.2) is 5.96 Å². The molecular formula is C33H50N8O3. The highest BCUT2D eigenvalue weighted by molar-refractivity contribution is 5.92. The first-order valence-corrected chi connectivity index (χ1v) is 15.8. The van der Waals surface area contributed by atoms with Crippen LogP contribution in [-0.4, -0.2) is 73.4 Å². The van der Waals surface area contributed by atoms with Crippen LogP contribution in [0.2, 0.25) is 0 Å². The molecular weight excluding hydrogens is 556 g/mol. The predicted octanol–water partition coefficient (Wildman–Crippen LogP) is 1.64. The summed E-state index contributed by atoms with van der Waals surface area (Å²) in [6, 6.07) is 16.4.